The Balaban J connectivity index is 1.84. The van der Waals surface area contributed by atoms with Crippen molar-refractivity contribution in [1.82, 2.24) is 4.90 Å². The minimum atomic E-state index is -0.530. The van der Waals surface area contributed by atoms with E-state index in [0.29, 0.717) is 47.8 Å². The van der Waals surface area contributed by atoms with Crippen LogP contribution in [0.2, 0.25) is 0 Å². The molecule has 1 aliphatic rings. The maximum Gasteiger partial charge on any atom is 0.290 e. The van der Waals surface area contributed by atoms with Crippen molar-refractivity contribution < 1.29 is 18.7 Å². The van der Waals surface area contributed by atoms with Crippen molar-refractivity contribution in [2.75, 3.05) is 19.8 Å². The number of unbranched alkanes of at least 4 members (excludes halogenated alkanes) is 1. The second kappa shape index (κ2) is 8.84. The zero-order valence-electron chi connectivity index (χ0n) is 18.1. The van der Waals surface area contributed by atoms with Crippen molar-refractivity contribution >= 4 is 16.9 Å². The first kappa shape index (κ1) is 21.0. The summed E-state index contributed by atoms with van der Waals surface area (Å²) in [6.45, 7) is 7.46. The fraction of sp³-hybridized carbons (Fsp3) is 0.360. The molecule has 0 saturated heterocycles. The number of amides is 1. The number of nitrogens with zero attached hydrogens (tertiary/aromatic N) is 1. The van der Waals surface area contributed by atoms with Crippen molar-refractivity contribution in [1.29, 1.82) is 0 Å². The van der Waals surface area contributed by atoms with Crippen molar-refractivity contribution in [2.24, 2.45) is 0 Å². The summed E-state index contributed by atoms with van der Waals surface area (Å²) in [6, 6.07) is 12.1. The number of hydrogen-bond donors (Lipinski definition) is 0. The molecular formula is C25H27NO5. The number of fused-ring (bicyclic) bond motifs is 2. The van der Waals surface area contributed by atoms with Gasteiger partial charge in [-0.05, 0) is 50.1 Å². The average Bonchev–Trinajstić information content (AvgIpc) is 3.07. The zero-order chi connectivity index (χ0) is 22.0. The quantitative estimate of drug-likeness (QED) is 0.482. The fourth-order valence-corrected chi connectivity index (χ4v) is 4.05. The minimum absolute atomic E-state index is 0.122. The molecule has 2 heterocycles. The van der Waals surface area contributed by atoms with Gasteiger partial charge < -0.3 is 18.8 Å². The number of ether oxygens (including phenoxy) is 2. The highest BCUT2D eigenvalue weighted by Crippen LogP contribution is 2.40. The van der Waals surface area contributed by atoms with Crippen LogP contribution in [-0.4, -0.2) is 30.6 Å². The van der Waals surface area contributed by atoms with Gasteiger partial charge in [0.15, 0.2) is 16.9 Å². The van der Waals surface area contributed by atoms with Gasteiger partial charge >= 0.3 is 0 Å². The largest absolute Gasteiger partial charge is 0.490 e. The molecule has 2 aromatic carbocycles. The molecule has 0 saturated carbocycles. The molecule has 0 unspecified atom stereocenters. The van der Waals surface area contributed by atoms with Gasteiger partial charge in [0.05, 0.1) is 30.2 Å². The molecule has 1 aliphatic heterocycles. The SMILES string of the molecule is CCCCOc1ccc([C@@H]2c3c(oc4ccccc4c3=O)C(=O)N2CC)cc1OCC. The highest BCUT2D eigenvalue weighted by molar-refractivity contribution is 5.99. The molecule has 0 fully saturated rings. The topological polar surface area (TPSA) is 69.0 Å². The van der Waals surface area contributed by atoms with E-state index < -0.39 is 6.04 Å². The highest BCUT2D eigenvalue weighted by atomic mass is 16.5. The summed E-state index contributed by atoms with van der Waals surface area (Å²) in [6.07, 6.45) is 1.99. The van der Waals surface area contributed by atoms with Crippen LogP contribution in [0.25, 0.3) is 11.0 Å². The lowest BCUT2D eigenvalue weighted by molar-refractivity contribution is 0.0737. The summed E-state index contributed by atoms with van der Waals surface area (Å²) in [5.74, 6) is 1.12. The second-order valence-electron chi connectivity index (χ2n) is 7.51. The van der Waals surface area contributed by atoms with E-state index in [1.807, 2.05) is 32.0 Å². The molecule has 0 radical (unpaired) electrons. The molecule has 162 valence electrons. The first-order chi connectivity index (χ1) is 15.1. The summed E-state index contributed by atoms with van der Waals surface area (Å²) in [5.41, 5.74) is 1.42. The lowest BCUT2D eigenvalue weighted by Crippen LogP contribution is -2.29. The molecule has 1 atom stereocenters. The van der Waals surface area contributed by atoms with Gasteiger partial charge in [-0.25, -0.2) is 0 Å². The summed E-state index contributed by atoms with van der Waals surface area (Å²) < 4.78 is 17.6. The number of carbonyl (C=O) groups is 1. The first-order valence-electron chi connectivity index (χ1n) is 10.9. The number of rotatable bonds is 8. The van der Waals surface area contributed by atoms with Crippen LogP contribution in [0.15, 0.2) is 51.7 Å². The van der Waals surface area contributed by atoms with Gasteiger partial charge in [0, 0.05) is 6.54 Å². The third-order valence-electron chi connectivity index (χ3n) is 5.55. The Morgan fingerprint density at radius 3 is 2.55 bits per heavy atom. The molecule has 3 aromatic rings. The Kier molecular flexibility index (Phi) is 5.98. The van der Waals surface area contributed by atoms with Crippen molar-refractivity contribution in [2.45, 2.75) is 39.7 Å². The van der Waals surface area contributed by atoms with Gasteiger partial charge in [0.2, 0.25) is 5.76 Å². The fourth-order valence-electron chi connectivity index (χ4n) is 4.05. The molecule has 1 aromatic heterocycles. The van der Waals surface area contributed by atoms with Crippen molar-refractivity contribution in [3.63, 3.8) is 0 Å². The van der Waals surface area contributed by atoms with E-state index in [9.17, 15) is 9.59 Å². The number of hydrogen-bond acceptors (Lipinski definition) is 5. The maximum atomic E-state index is 13.4. The van der Waals surface area contributed by atoms with Crippen LogP contribution < -0.4 is 14.9 Å². The number of benzene rings is 2. The minimum Gasteiger partial charge on any atom is -0.490 e. The summed E-state index contributed by atoms with van der Waals surface area (Å²) in [5, 5.41) is 0.474. The molecule has 31 heavy (non-hydrogen) atoms. The standard InChI is InChI=1S/C25H27NO5/c1-4-7-14-30-19-13-12-16(15-20(19)29-6-3)22-21-23(27)17-10-8-9-11-18(17)31-24(21)25(28)26(22)5-2/h8-13,15,22H,4-7,14H2,1-3H3/t22-/m1/s1. The zero-order valence-corrected chi connectivity index (χ0v) is 18.1. The smallest absolute Gasteiger partial charge is 0.290 e. The molecule has 6 heteroatoms. The van der Waals surface area contributed by atoms with Crippen LogP contribution in [0.1, 0.15) is 61.3 Å². The van der Waals surface area contributed by atoms with Crippen LogP contribution >= 0.6 is 0 Å². The van der Waals surface area contributed by atoms with E-state index in [4.69, 9.17) is 13.9 Å². The normalized spacial score (nSPS) is 15.4. The van der Waals surface area contributed by atoms with Gasteiger partial charge in [-0.15, -0.1) is 0 Å². The van der Waals surface area contributed by atoms with Gasteiger partial charge in [-0.3, -0.25) is 9.59 Å². The number of carbonyl (C=O) groups excluding carboxylic acids is 1. The van der Waals surface area contributed by atoms with Crippen molar-refractivity contribution in [3.8, 4) is 11.5 Å². The van der Waals surface area contributed by atoms with Crippen LogP contribution in [0, 0.1) is 0 Å². The van der Waals surface area contributed by atoms with E-state index in [2.05, 4.69) is 6.92 Å². The lowest BCUT2D eigenvalue weighted by Gasteiger charge is -2.24. The van der Waals surface area contributed by atoms with E-state index in [0.717, 1.165) is 18.4 Å². The summed E-state index contributed by atoms with van der Waals surface area (Å²) in [4.78, 5) is 28.1. The Hall–Kier alpha value is -3.28. The molecule has 0 N–H and O–H groups in total. The molecule has 0 spiro atoms. The van der Waals surface area contributed by atoms with Gasteiger partial charge in [0.1, 0.15) is 5.58 Å². The Morgan fingerprint density at radius 1 is 1.00 bits per heavy atom. The Bertz CT molecular complexity index is 1170. The molecule has 0 bridgehead atoms. The predicted octanol–water partition coefficient (Wildman–Crippen LogP) is 4.94. The third-order valence-corrected chi connectivity index (χ3v) is 5.55. The average molecular weight is 421 g/mol. The monoisotopic (exact) mass is 421 g/mol. The molecule has 6 nitrogen and oxygen atoms in total. The van der Waals surface area contributed by atoms with Crippen LogP contribution in [0.3, 0.4) is 0 Å². The second-order valence-corrected chi connectivity index (χ2v) is 7.51. The molecule has 0 aliphatic carbocycles. The van der Waals surface area contributed by atoms with E-state index in [-0.39, 0.29) is 17.1 Å². The first-order valence-corrected chi connectivity index (χ1v) is 10.9. The molecule has 4 rings (SSSR count). The maximum absolute atomic E-state index is 13.4. The van der Waals surface area contributed by atoms with Crippen LogP contribution in [-0.2, 0) is 0 Å². The Morgan fingerprint density at radius 2 is 1.81 bits per heavy atom. The summed E-state index contributed by atoms with van der Waals surface area (Å²) in [7, 11) is 0. The van der Waals surface area contributed by atoms with Gasteiger partial charge in [-0.2, -0.15) is 0 Å². The molecular weight excluding hydrogens is 394 g/mol. The van der Waals surface area contributed by atoms with Gasteiger partial charge in [0.25, 0.3) is 5.91 Å². The Labute approximate surface area is 181 Å². The van der Waals surface area contributed by atoms with Crippen molar-refractivity contribution in [3.05, 3.63) is 69.6 Å². The lowest BCUT2D eigenvalue weighted by atomic mass is 9.98. The van der Waals surface area contributed by atoms with Gasteiger partial charge in [-0.1, -0.05) is 31.5 Å². The highest BCUT2D eigenvalue weighted by Gasteiger charge is 2.42. The third kappa shape index (κ3) is 3.67. The number of para-hydroxylation sites is 1. The predicted molar refractivity (Wildman–Crippen MR) is 119 cm³/mol. The van der Waals surface area contributed by atoms with E-state index >= 15 is 0 Å². The van der Waals surface area contributed by atoms with Crippen LogP contribution in [0.4, 0.5) is 0 Å². The van der Waals surface area contributed by atoms with E-state index in [1.165, 1.54) is 0 Å². The summed E-state index contributed by atoms with van der Waals surface area (Å²) >= 11 is 0. The molecule has 1 amide bonds. The van der Waals surface area contributed by atoms with E-state index in [1.54, 1.807) is 29.2 Å². The van der Waals surface area contributed by atoms with Crippen LogP contribution in [0.5, 0.6) is 11.5 Å².